The predicted molar refractivity (Wildman–Crippen MR) is 58.3 cm³/mol. The van der Waals surface area contributed by atoms with E-state index in [9.17, 15) is 9.90 Å². The maximum Gasteiger partial charge on any atom is 0.151 e. The number of rotatable bonds is 2. The smallest absolute Gasteiger partial charge is 0.151 e. The summed E-state index contributed by atoms with van der Waals surface area (Å²) in [5.74, 6) is 0.314. The first kappa shape index (κ1) is 9.21. The first-order chi connectivity index (χ1) is 6.77. The summed E-state index contributed by atoms with van der Waals surface area (Å²) in [6, 6.07) is 3.61. The molecule has 0 unspecified atom stereocenters. The van der Waals surface area contributed by atoms with Crippen LogP contribution in [0.25, 0.3) is 10.1 Å². The lowest BCUT2D eigenvalue weighted by molar-refractivity contribution is 0.112. The van der Waals surface area contributed by atoms with E-state index >= 15 is 0 Å². The summed E-state index contributed by atoms with van der Waals surface area (Å²) in [6.07, 6.45) is 1.58. The Morgan fingerprint density at radius 1 is 1.57 bits per heavy atom. The van der Waals surface area contributed by atoms with Crippen molar-refractivity contribution in [1.29, 1.82) is 0 Å². The van der Waals surface area contributed by atoms with E-state index in [1.165, 1.54) is 11.3 Å². The van der Waals surface area contributed by atoms with Gasteiger partial charge in [-0.1, -0.05) is 6.92 Å². The quantitative estimate of drug-likeness (QED) is 0.767. The Hall–Kier alpha value is -1.35. The van der Waals surface area contributed by atoms with E-state index in [0.29, 0.717) is 11.3 Å². The number of hydrogen-bond donors (Lipinski definition) is 1. The van der Waals surface area contributed by atoms with Crippen LogP contribution in [0.1, 0.15) is 22.8 Å². The highest BCUT2D eigenvalue weighted by atomic mass is 32.1. The van der Waals surface area contributed by atoms with Crippen molar-refractivity contribution in [1.82, 2.24) is 0 Å². The molecule has 0 saturated heterocycles. The van der Waals surface area contributed by atoms with Gasteiger partial charge < -0.3 is 5.11 Å². The monoisotopic (exact) mass is 206 g/mol. The number of fused-ring (bicyclic) bond motifs is 1. The third-order valence-corrected chi connectivity index (χ3v) is 3.29. The Bertz CT molecular complexity index is 485. The molecule has 0 saturated carbocycles. The van der Waals surface area contributed by atoms with Crippen LogP contribution in [0.5, 0.6) is 5.75 Å². The maximum atomic E-state index is 10.8. The van der Waals surface area contributed by atoms with Crippen LogP contribution in [0.3, 0.4) is 0 Å². The van der Waals surface area contributed by atoms with Gasteiger partial charge in [0, 0.05) is 15.6 Å². The maximum absolute atomic E-state index is 10.8. The molecule has 2 rings (SSSR count). The van der Waals surface area contributed by atoms with Crippen molar-refractivity contribution in [2.75, 3.05) is 0 Å². The van der Waals surface area contributed by atoms with Crippen molar-refractivity contribution in [3.8, 4) is 5.75 Å². The standard InChI is InChI=1S/C11H10O2S/c1-2-7-5-8(6-12)11-9(10(7)13)3-4-14-11/h3-6,13H,2H2,1H3. The number of aromatic hydroxyl groups is 1. The lowest BCUT2D eigenvalue weighted by Crippen LogP contribution is -1.87. The minimum absolute atomic E-state index is 0.314. The Morgan fingerprint density at radius 2 is 2.36 bits per heavy atom. The van der Waals surface area contributed by atoms with Crippen LogP contribution in [0.15, 0.2) is 17.5 Å². The molecule has 72 valence electrons. The molecule has 0 aliphatic heterocycles. The molecule has 1 N–H and O–H groups in total. The second kappa shape index (κ2) is 3.42. The average Bonchev–Trinajstić information content (AvgIpc) is 2.68. The number of benzene rings is 1. The van der Waals surface area contributed by atoms with Gasteiger partial charge in [-0.05, 0) is 29.5 Å². The first-order valence-electron chi connectivity index (χ1n) is 4.45. The third kappa shape index (κ3) is 1.21. The van der Waals surface area contributed by atoms with E-state index in [2.05, 4.69) is 0 Å². The molecule has 1 aromatic carbocycles. The second-order valence-corrected chi connectivity index (χ2v) is 4.02. The van der Waals surface area contributed by atoms with E-state index in [4.69, 9.17) is 0 Å². The van der Waals surface area contributed by atoms with Crippen molar-refractivity contribution >= 4 is 27.7 Å². The zero-order chi connectivity index (χ0) is 10.1. The molecule has 0 atom stereocenters. The fraction of sp³-hybridized carbons (Fsp3) is 0.182. The molecule has 0 radical (unpaired) electrons. The van der Waals surface area contributed by atoms with Crippen LogP contribution in [-0.2, 0) is 6.42 Å². The van der Waals surface area contributed by atoms with Gasteiger partial charge in [-0.2, -0.15) is 0 Å². The number of carbonyl (C=O) groups excluding carboxylic acids is 1. The van der Waals surface area contributed by atoms with E-state index in [1.807, 2.05) is 18.4 Å². The minimum atomic E-state index is 0.314. The zero-order valence-corrected chi connectivity index (χ0v) is 8.60. The van der Waals surface area contributed by atoms with Gasteiger partial charge in [-0.15, -0.1) is 11.3 Å². The van der Waals surface area contributed by atoms with Gasteiger partial charge in [0.15, 0.2) is 6.29 Å². The van der Waals surface area contributed by atoms with Crippen LogP contribution >= 0.6 is 11.3 Å². The number of hydrogen-bond acceptors (Lipinski definition) is 3. The zero-order valence-electron chi connectivity index (χ0n) is 7.78. The third-order valence-electron chi connectivity index (χ3n) is 2.32. The normalized spacial score (nSPS) is 10.6. The van der Waals surface area contributed by atoms with Crippen LogP contribution in [0.4, 0.5) is 0 Å². The van der Waals surface area contributed by atoms with Gasteiger partial charge in [0.1, 0.15) is 5.75 Å². The predicted octanol–water partition coefficient (Wildman–Crippen LogP) is 2.98. The molecular formula is C11H10O2S. The molecule has 0 amide bonds. The van der Waals surface area contributed by atoms with Gasteiger partial charge in [-0.3, -0.25) is 4.79 Å². The highest BCUT2D eigenvalue weighted by molar-refractivity contribution is 7.17. The first-order valence-corrected chi connectivity index (χ1v) is 5.33. The van der Waals surface area contributed by atoms with Crippen LogP contribution in [0.2, 0.25) is 0 Å². The largest absolute Gasteiger partial charge is 0.507 e. The van der Waals surface area contributed by atoms with Gasteiger partial charge in [0.2, 0.25) is 0 Å². The van der Waals surface area contributed by atoms with Crippen molar-refractivity contribution < 1.29 is 9.90 Å². The molecule has 0 aliphatic rings. The number of carbonyl (C=O) groups is 1. The molecule has 2 nitrogen and oxygen atoms in total. The number of aldehydes is 1. The molecule has 0 fully saturated rings. The van der Waals surface area contributed by atoms with Crippen LogP contribution < -0.4 is 0 Å². The van der Waals surface area contributed by atoms with Crippen molar-refractivity contribution in [3.05, 3.63) is 28.6 Å². The molecule has 14 heavy (non-hydrogen) atoms. The van der Waals surface area contributed by atoms with Crippen molar-refractivity contribution in [3.63, 3.8) is 0 Å². The van der Waals surface area contributed by atoms with Gasteiger partial charge in [0.25, 0.3) is 0 Å². The Balaban J connectivity index is 2.86. The van der Waals surface area contributed by atoms with E-state index in [1.54, 1.807) is 6.07 Å². The number of thiophene rings is 1. The summed E-state index contributed by atoms with van der Waals surface area (Å²) < 4.78 is 0.870. The highest BCUT2D eigenvalue weighted by Crippen LogP contribution is 2.34. The Morgan fingerprint density at radius 3 is 3.00 bits per heavy atom. The number of aryl methyl sites for hydroxylation is 1. The lowest BCUT2D eigenvalue weighted by Gasteiger charge is -2.04. The molecule has 0 aliphatic carbocycles. The highest BCUT2D eigenvalue weighted by Gasteiger charge is 2.10. The molecule has 0 spiro atoms. The molecule has 2 aromatic rings. The topological polar surface area (TPSA) is 37.3 Å². The van der Waals surface area contributed by atoms with Gasteiger partial charge in [-0.25, -0.2) is 0 Å². The molecule has 0 bridgehead atoms. The van der Waals surface area contributed by atoms with E-state index in [-0.39, 0.29) is 0 Å². The minimum Gasteiger partial charge on any atom is -0.507 e. The van der Waals surface area contributed by atoms with E-state index in [0.717, 1.165) is 28.4 Å². The van der Waals surface area contributed by atoms with Crippen LogP contribution in [0, 0.1) is 0 Å². The molecule has 1 aromatic heterocycles. The fourth-order valence-electron chi connectivity index (χ4n) is 1.57. The lowest BCUT2D eigenvalue weighted by atomic mass is 10.0. The summed E-state index contributed by atoms with van der Waals surface area (Å²) in [4.78, 5) is 10.8. The van der Waals surface area contributed by atoms with Gasteiger partial charge in [0.05, 0.1) is 0 Å². The number of phenols is 1. The summed E-state index contributed by atoms with van der Waals surface area (Å²) in [5.41, 5.74) is 1.50. The second-order valence-electron chi connectivity index (χ2n) is 3.11. The summed E-state index contributed by atoms with van der Waals surface area (Å²) >= 11 is 1.48. The molecular weight excluding hydrogens is 196 g/mol. The SMILES string of the molecule is CCc1cc(C=O)c2sccc2c1O. The average molecular weight is 206 g/mol. The van der Waals surface area contributed by atoms with E-state index < -0.39 is 0 Å². The van der Waals surface area contributed by atoms with Gasteiger partial charge >= 0.3 is 0 Å². The fourth-order valence-corrected chi connectivity index (χ4v) is 2.45. The molecule has 3 heteroatoms. The van der Waals surface area contributed by atoms with Crippen LogP contribution in [-0.4, -0.2) is 11.4 Å². The van der Waals surface area contributed by atoms with Crippen molar-refractivity contribution in [2.24, 2.45) is 0 Å². The number of phenolic OH excluding ortho intramolecular Hbond substituents is 1. The summed E-state index contributed by atoms with van der Waals surface area (Å²) in [5, 5.41) is 12.5. The molecule has 1 heterocycles. The Labute approximate surface area is 85.8 Å². The summed E-state index contributed by atoms with van der Waals surface area (Å²) in [6.45, 7) is 1.96. The van der Waals surface area contributed by atoms with Crippen molar-refractivity contribution in [2.45, 2.75) is 13.3 Å². The summed E-state index contributed by atoms with van der Waals surface area (Å²) in [7, 11) is 0. The Kier molecular flexibility index (Phi) is 2.25.